The second-order valence-electron chi connectivity index (χ2n) is 9.90. The number of aromatic nitrogens is 1. The van der Waals surface area contributed by atoms with Gasteiger partial charge in [-0.3, -0.25) is 4.79 Å². The van der Waals surface area contributed by atoms with Crippen LogP contribution in [0.15, 0.2) is 47.5 Å². The van der Waals surface area contributed by atoms with Crippen LogP contribution in [0.4, 0.5) is 24.5 Å². The maximum absolute atomic E-state index is 13.2. The van der Waals surface area contributed by atoms with Crippen molar-refractivity contribution in [3.63, 3.8) is 0 Å². The first kappa shape index (κ1) is 29.3. The lowest BCUT2D eigenvalue weighted by atomic mass is 9.97. The molecule has 2 N–H and O–H groups in total. The van der Waals surface area contributed by atoms with Gasteiger partial charge in [-0.15, -0.1) is 0 Å². The molecule has 12 heteroatoms. The number of nitrogens with one attached hydrogen (secondary N) is 2. The first-order chi connectivity index (χ1) is 18.8. The number of carbonyl (C=O) groups excluding carboxylic acids is 1. The predicted octanol–water partition coefficient (Wildman–Crippen LogP) is 4.36. The van der Waals surface area contributed by atoms with Gasteiger partial charge in [-0.05, 0) is 62.8 Å². The molecule has 0 radical (unpaired) electrons. The molecule has 1 atom stereocenters. The van der Waals surface area contributed by atoms with Crippen LogP contribution in [0.3, 0.4) is 0 Å². The molecule has 2 heterocycles. The zero-order chi connectivity index (χ0) is 29.1. The fourth-order valence-corrected chi connectivity index (χ4v) is 5.41. The number of anilines is 2. The second kappa shape index (κ2) is 11.8. The van der Waals surface area contributed by atoms with E-state index in [1.54, 1.807) is 18.2 Å². The average molecular weight is 577 g/mol. The Labute approximate surface area is 231 Å². The van der Waals surface area contributed by atoms with E-state index < -0.39 is 22.6 Å². The lowest BCUT2D eigenvalue weighted by Crippen LogP contribution is -2.38. The van der Waals surface area contributed by atoms with E-state index in [4.69, 9.17) is 4.74 Å². The molecule has 1 aromatic heterocycles. The van der Waals surface area contributed by atoms with E-state index in [1.165, 1.54) is 31.5 Å². The number of rotatable bonds is 7. The summed E-state index contributed by atoms with van der Waals surface area (Å²) in [6, 6.07) is 9.20. The third-order valence-corrected chi connectivity index (χ3v) is 7.80. The molecule has 1 aliphatic rings. The maximum atomic E-state index is 13.2. The van der Waals surface area contributed by atoms with Crippen molar-refractivity contribution in [1.29, 1.82) is 0 Å². The van der Waals surface area contributed by atoms with Gasteiger partial charge >= 0.3 is 6.18 Å². The molecule has 214 valence electrons. The van der Waals surface area contributed by atoms with E-state index in [9.17, 15) is 26.4 Å². The highest BCUT2D eigenvalue weighted by atomic mass is 32.2. The topological polar surface area (TPSA) is 92.7 Å². The van der Waals surface area contributed by atoms with Gasteiger partial charge in [0.1, 0.15) is 12.3 Å². The summed E-state index contributed by atoms with van der Waals surface area (Å²) in [5, 5.41) is 6.44. The van der Waals surface area contributed by atoms with Crippen molar-refractivity contribution >= 4 is 38.0 Å². The molecule has 0 spiro atoms. The summed E-state index contributed by atoms with van der Waals surface area (Å²) < 4.78 is 69.9. The van der Waals surface area contributed by atoms with Gasteiger partial charge in [0.15, 0.2) is 9.84 Å². The normalized spacial score (nSPS) is 16.3. The number of nitrogens with zero attached hydrogens (tertiary/aromatic N) is 2. The number of methoxy groups -OCH3 is 1. The first-order valence-electron chi connectivity index (χ1n) is 12.6. The molecule has 3 aromatic rings. The molecule has 0 aliphatic carbocycles. The Kier molecular flexibility index (Phi) is 8.65. The second-order valence-corrected chi connectivity index (χ2v) is 11.9. The number of fused-ring (bicyclic) bond motifs is 1. The van der Waals surface area contributed by atoms with Crippen LogP contribution in [0.25, 0.3) is 10.9 Å². The van der Waals surface area contributed by atoms with Crippen LogP contribution in [0.5, 0.6) is 5.75 Å². The molecule has 40 heavy (non-hydrogen) atoms. The largest absolute Gasteiger partial charge is 0.495 e. The van der Waals surface area contributed by atoms with E-state index in [0.717, 1.165) is 30.2 Å². The number of alkyl halides is 3. The summed E-state index contributed by atoms with van der Waals surface area (Å²) in [4.78, 5) is 15.3. The Morgan fingerprint density at radius 1 is 1.18 bits per heavy atom. The van der Waals surface area contributed by atoms with E-state index in [1.807, 2.05) is 7.05 Å². The fraction of sp³-hybridized carbons (Fsp3) is 0.393. The van der Waals surface area contributed by atoms with E-state index in [-0.39, 0.29) is 23.3 Å². The number of halogens is 3. The maximum Gasteiger partial charge on any atom is 0.406 e. The molecule has 1 fully saturated rings. The SMILES string of the molecule is COc1ccc(S(C)(=O)=O)cc1NCC#Cc1cc(NC(=O)C2CCCN(C)C2)c2ccn(CC(F)(F)F)c2c1. The van der Waals surface area contributed by atoms with Gasteiger partial charge in [0.25, 0.3) is 0 Å². The molecule has 4 rings (SSSR count). The average Bonchev–Trinajstić information content (AvgIpc) is 3.27. The van der Waals surface area contributed by atoms with E-state index >= 15 is 0 Å². The number of hydrogen-bond acceptors (Lipinski definition) is 6. The van der Waals surface area contributed by atoms with Gasteiger partial charge < -0.3 is 24.8 Å². The number of ether oxygens (including phenoxy) is 1. The highest BCUT2D eigenvalue weighted by Gasteiger charge is 2.29. The van der Waals surface area contributed by atoms with Crippen molar-refractivity contribution in [3.05, 3.63) is 48.2 Å². The summed E-state index contributed by atoms with van der Waals surface area (Å²) in [6.07, 6.45) is -0.340. The van der Waals surface area contributed by atoms with Crippen molar-refractivity contribution in [2.75, 3.05) is 50.7 Å². The summed E-state index contributed by atoms with van der Waals surface area (Å²) in [5.74, 6) is 5.89. The van der Waals surface area contributed by atoms with Crippen LogP contribution in [0.2, 0.25) is 0 Å². The van der Waals surface area contributed by atoms with Crippen LogP contribution in [-0.2, 0) is 21.2 Å². The molecule has 2 aromatic carbocycles. The summed E-state index contributed by atoms with van der Waals surface area (Å²) in [5.41, 5.74) is 1.55. The van der Waals surface area contributed by atoms with Crippen LogP contribution < -0.4 is 15.4 Å². The van der Waals surface area contributed by atoms with Crippen molar-refractivity contribution in [2.45, 2.75) is 30.5 Å². The highest BCUT2D eigenvalue weighted by molar-refractivity contribution is 7.90. The van der Waals surface area contributed by atoms with Crippen molar-refractivity contribution in [2.24, 2.45) is 5.92 Å². The molecule has 1 aliphatic heterocycles. The van der Waals surface area contributed by atoms with Gasteiger partial charge in [0.2, 0.25) is 5.91 Å². The van der Waals surface area contributed by atoms with Crippen LogP contribution in [-0.4, -0.2) is 70.0 Å². The van der Waals surface area contributed by atoms with Gasteiger partial charge in [-0.1, -0.05) is 11.8 Å². The molecule has 0 bridgehead atoms. The Balaban J connectivity index is 1.62. The summed E-state index contributed by atoms with van der Waals surface area (Å²) in [6.45, 7) is 0.449. The van der Waals surface area contributed by atoms with E-state index in [2.05, 4.69) is 27.4 Å². The van der Waals surface area contributed by atoms with Gasteiger partial charge in [-0.25, -0.2) is 8.42 Å². The molecule has 0 saturated carbocycles. The molecule has 1 unspecified atom stereocenters. The van der Waals surface area contributed by atoms with Crippen LogP contribution >= 0.6 is 0 Å². The third kappa shape index (κ3) is 7.28. The molecule has 1 amide bonds. The number of likely N-dealkylation sites (tertiary alicyclic amines) is 1. The third-order valence-electron chi connectivity index (χ3n) is 6.69. The fourth-order valence-electron chi connectivity index (χ4n) is 4.76. The van der Waals surface area contributed by atoms with Gasteiger partial charge in [0, 0.05) is 29.9 Å². The minimum absolute atomic E-state index is 0.0985. The Morgan fingerprint density at radius 2 is 1.95 bits per heavy atom. The molecular weight excluding hydrogens is 545 g/mol. The lowest BCUT2D eigenvalue weighted by molar-refractivity contribution is -0.139. The van der Waals surface area contributed by atoms with Crippen LogP contribution in [0, 0.1) is 17.8 Å². The Morgan fingerprint density at radius 3 is 2.62 bits per heavy atom. The number of carbonyl (C=O) groups is 1. The number of amides is 1. The quantitative estimate of drug-likeness (QED) is 0.406. The van der Waals surface area contributed by atoms with Gasteiger partial charge in [0.05, 0.1) is 41.4 Å². The zero-order valence-electron chi connectivity index (χ0n) is 22.4. The van der Waals surface area contributed by atoms with Crippen molar-refractivity contribution < 1.29 is 31.1 Å². The lowest BCUT2D eigenvalue weighted by Gasteiger charge is -2.28. The minimum Gasteiger partial charge on any atom is -0.495 e. The molecular formula is C28H31F3N4O4S. The summed E-state index contributed by atoms with van der Waals surface area (Å²) >= 11 is 0. The zero-order valence-corrected chi connectivity index (χ0v) is 23.2. The molecule has 1 saturated heterocycles. The van der Waals surface area contributed by atoms with Crippen LogP contribution in [0.1, 0.15) is 18.4 Å². The minimum atomic E-state index is -4.42. The highest BCUT2D eigenvalue weighted by Crippen LogP contribution is 2.31. The monoisotopic (exact) mass is 576 g/mol. The van der Waals surface area contributed by atoms with Gasteiger partial charge in [-0.2, -0.15) is 13.2 Å². The smallest absolute Gasteiger partial charge is 0.406 e. The summed E-state index contributed by atoms with van der Waals surface area (Å²) in [7, 11) is -0.0260. The van der Waals surface area contributed by atoms with Crippen molar-refractivity contribution in [1.82, 2.24) is 9.47 Å². The number of benzene rings is 2. The Hall–Kier alpha value is -3.69. The number of piperidine rings is 1. The molecule has 8 nitrogen and oxygen atoms in total. The van der Waals surface area contributed by atoms with E-state index in [0.29, 0.717) is 40.1 Å². The first-order valence-corrected chi connectivity index (χ1v) is 14.5. The van der Waals surface area contributed by atoms with Crippen molar-refractivity contribution in [3.8, 4) is 17.6 Å². The number of sulfone groups is 1. The Bertz CT molecular complexity index is 1570. The standard InChI is InChI=1S/C28H31F3N4O4S/c1-34-12-5-7-20(17-34)27(36)33-23-14-19(15-25-22(23)10-13-35(25)18-28(29,30)31)6-4-11-32-24-16-21(40(3,37)38)8-9-26(24)39-2/h8-10,13-16,20,32H,5,7,11-12,17-18H2,1-3H3,(H,33,36). The predicted molar refractivity (Wildman–Crippen MR) is 148 cm³/mol. The number of hydrogen-bond donors (Lipinski definition) is 2.